The predicted molar refractivity (Wildman–Crippen MR) is 101 cm³/mol. The standard InChI is InChI=1S/C19H26ClN3O2/c1-3-5-12-23(4-2)14-18-11-10-17(25-18)13-21-19(24)22-16-8-6-15(20)7-9-16/h6-11H,3-5,12-14H2,1-2H3,(H2,21,22,24)/p+1. The van der Waals surface area contributed by atoms with E-state index in [1.165, 1.54) is 17.7 Å². The first kappa shape index (κ1) is 19.3. The minimum atomic E-state index is -0.274. The van der Waals surface area contributed by atoms with Gasteiger partial charge in [-0.15, -0.1) is 0 Å². The van der Waals surface area contributed by atoms with Gasteiger partial charge in [0.05, 0.1) is 19.6 Å². The molecule has 1 heterocycles. The third-order valence-corrected chi connectivity index (χ3v) is 4.30. The summed E-state index contributed by atoms with van der Waals surface area (Å²) in [5.74, 6) is 1.72. The molecular weight excluding hydrogens is 338 g/mol. The van der Waals surface area contributed by atoms with E-state index >= 15 is 0 Å². The summed E-state index contributed by atoms with van der Waals surface area (Å²) in [5, 5.41) is 6.19. The van der Waals surface area contributed by atoms with Gasteiger partial charge in [0.2, 0.25) is 0 Å². The van der Waals surface area contributed by atoms with E-state index in [1.807, 2.05) is 12.1 Å². The van der Waals surface area contributed by atoms with Gasteiger partial charge in [-0.2, -0.15) is 0 Å². The number of hydrogen-bond donors (Lipinski definition) is 3. The zero-order valence-corrected chi connectivity index (χ0v) is 15.7. The van der Waals surface area contributed by atoms with E-state index in [4.69, 9.17) is 16.0 Å². The SMILES string of the molecule is CCCC[NH+](CC)Cc1ccc(CNC(=O)Nc2ccc(Cl)cc2)o1. The summed E-state index contributed by atoms with van der Waals surface area (Å²) < 4.78 is 5.83. The average molecular weight is 365 g/mol. The third kappa shape index (κ3) is 6.80. The van der Waals surface area contributed by atoms with E-state index in [0.717, 1.165) is 31.2 Å². The zero-order valence-electron chi connectivity index (χ0n) is 14.9. The number of amides is 2. The van der Waals surface area contributed by atoms with Crippen molar-refractivity contribution in [2.45, 2.75) is 39.8 Å². The summed E-state index contributed by atoms with van der Waals surface area (Å²) >= 11 is 5.82. The van der Waals surface area contributed by atoms with Crippen LogP contribution in [0.1, 0.15) is 38.2 Å². The van der Waals surface area contributed by atoms with Gasteiger partial charge >= 0.3 is 6.03 Å². The first-order chi connectivity index (χ1) is 12.1. The van der Waals surface area contributed by atoms with Gasteiger partial charge in [0.15, 0.2) is 5.76 Å². The summed E-state index contributed by atoms with van der Waals surface area (Å²) in [6.45, 7) is 7.88. The van der Waals surface area contributed by atoms with Crippen molar-refractivity contribution in [1.29, 1.82) is 0 Å². The summed E-state index contributed by atoms with van der Waals surface area (Å²) in [4.78, 5) is 13.4. The highest BCUT2D eigenvalue weighted by atomic mass is 35.5. The summed E-state index contributed by atoms with van der Waals surface area (Å²) in [5.41, 5.74) is 0.695. The van der Waals surface area contributed by atoms with Gasteiger partial charge in [0, 0.05) is 10.7 Å². The number of urea groups is 1. The molecule has 0 saturated heterocycles. The molecular formula is C19H27ClN3O2+. The van der Waals surface area contributed by atoms with Crippen LogP contribution in [0.25, 0.3) is 0 Å². The molecule has 0 aliphatic rings. The Morgan fingerprint density at radius 2 is 1.84 bits per heavy atom. The molecule has 2 aromatic rings. The van der Waals surface area contributed by atoms with Gasteiger partial charge in [0.25, 0.3) is 0 Å². The van der Waals surface area contributed by atoms with Gasteiger partial charge < -0.3 is 20.0 Å². The predicted octanol–water partition coefficient (Wildman–Crippen LogP) is 3.46. The molecule has 0 spiro atoms. The molecule has 0 radical (unpaired) electrons. The number of nitrogens with one attached hydrogen (secondary N) is 3. The number of carbonyl (C=O) groups excluding carboxylic acids is 1. The molecule has 1 aromatic carbocycles. The quantitative estimate of drug-likeness (QED) is 0.638. The number of benzene rings is 1. The smallest absolute Gasteiger partial charge is 0.319 e. The van der Waals surface area contributed by atoms with Gasteiger partial charge in [-0.1, -0.05) is 24.9 Å². The Hall–Kier alpha value is -1.98. The van der Waals surface area contributed by atoms with Crippen LogP contribution in [0.4, 0.5) is 10.5 Å². The van der Waals surface area contributed by atoms with Crippen molar-refractivity contribution in [1.82, 2.24) is 5.32 Å². The van der Waals surface area contributed by atoms with Crippen molar-refractivity contribution in [2.24, 2.45) is 0 Å². The Kier molecular flexibility index (Phi) is 7.82. The number of hydrogen-bond acceptors (Lipinski definition) is 2. The lowest BCUT2D eigenvalue weighted by atomic mass is 10.3. The second-order valence-electron chi connectivity index (χ2n) is 6.07. The molecule has 136 valence electrons. The molecule has 0 bridgehead atoms. The average Bonchev–Trinajstić information content (AvgIpc) is 3.06. The Balaban J connectivity index is 1.78. The second-order valence-corrected chi connectivity index (χ2v) is 6.50. The highest BCUT2D eigenvalue weighted by molar-refractivity contribution is 6.30. The fourth-order valence-electron chi connectivity index (χ4n) is 2.55. The molecule has 0 aliphatic heterocycles. The van der Waals surface area contributed by atoms with Crippen LogP contribution in [-0.4, -0.2) is 19.1 Å². The molecule has 5 nitrogen and oxygen atoms in total. The van der Waals surface area contributed by atoms with E-state index in [-0.39, 0.29) is 6.03 Å². The van der Waals surface area contributed by atoms with Crippen LogP contribution in [0.3, 0.4) is 0 Å². The monoisotopic (exact) mass is 364 g/mol. The molecule has 1 atom stereocenters. The van der Waals surface area contributed by atoms with Gasteiger partial charge in [-0.25, -0.2) is 4.79 Å². The number of unbranched alkanes of at least 4 members (excludes halogenated alkanes) is 1. The Morgan fingerprint density at radius 1 is 1.12 bits per heavy atom. The van der Waals surface area contributed by atoms with Crippen LogP contribution in [0.5, 0.6) is 0 Å². The van der Waals surface area contributed by atoms with Crippen LogP contribution >= 0.6 is 11.6 Å². The lowest BCUT2D eigenvalue weighted by molar-refractivity contribution is -0.913. The maximum absolute atomic E-state index is 11.9. The number of anilines is 1. The maximum Gasteiger partial charge on any atom is 0.319 e. The fraction of sp³-hybridized carbons (Fsp3) is 0.421. The minimum absolute atomic E-state index is 0.274. The van der Waals surface area contributed by atoms with Crippen LogP contribution < -0.4 is 15.5 Å². The lowest BCUT2D eigenvalue weighted by Crippen LogP contribution is -3.10. The molecule has 2 amide bonds. The number of quaternary nitrogens is 1. The zero-order chi connectivity index (χ0) is 18.1. The van der Waals surface area contributed by atoms with Crippen LogP contribution in [-0.2, 0) is 13.1 Å². The molecule has 1 unspecified atom stereocenters. The number of carbonyl (C=O) groups is 1. The van der Waals surface area contributed by atoms with E-state index in [0.29, 0.717) is 17.3 Å². The summed E-state index contributed by atoms with van der Waals surface area (Å²) in [6.07, 6.45) is 2.43. The summed E-state index contributed by atoms with van der Waals surface area (Å²) in [7, 11) is 0. The van der Waals surface area contributed by atoms with Gasteiger partial charge in [0.1, 0.15) is 12.3 Å². The largest absolute Gasteiger partial charge is 0.458 e. The van der Waals surface area contributed by atoms with E-state index in [1.54, 1.807) is 24.3 Å². The highest BCUT2D eigenvalue weighted by Crippen LogP contribution is 2.13. The molecule has 0 aliphatic carbocycles. The summed E-state index contributed by atoms with van der Waals surface area (Å²) in [6, 6.07) is 10.6. The number of rotatable bonds is 9. The minimum Gasteiger partial charge on any atom is -0.458 e. The normalized spacial score (nSPS) is 12.0. The van der Waals surface area contributed by atoms with Crippen molar-refractivity contribution in [3.05, 3.63) is 52.9 Å². The van der Waals surface area contributed by atoms with Crippen molar-refractivity contribution in [3.63, 3.8) is 0 Å². The molecule has 0 saturated carbocycles. The molecule has 2 rings (SSSR count). The van der Waals surface area contributed by atoms with Crippen LogP contribution in [0.2, 0.25) is 5.02 Å². The van der Waals surface area contributed by atoms with Gasteiger partial charge in [-0.3, -0.25) is 0 Å². The molecule has 25 heavy (non-hydrogen) atoms. The van der Waals surface area contributed by atoms with Crippen molar-refractivity contribution in [2.75, 3.05) is 18.4 Å². The third-order valence-electron chi connectivity index (χ3n) is 4.05. The van der Waals surface area contributed by atoms with E-state index in [2.05, 4.69) is 24.5 Å². The molecule has 3 N–H and O–H groups in total. The van der Waals surface area contributed by atoms with E-state index in [9.17, 15) is 4.79 Å². The highest BCUT2D eigenvalue weighted by Gasteiger charge is 2.11. The second kappa shape index (κ2) is 10.1. The molecule has 6 heteroatoms. The Labute approximate surface area is 154 Å². The van der Waals surface area contributed by atoms with Gasteiger partial charge in [-0.05, 0) is 49.7 Å². The molecule has 0 fully saturated rings. The Bertz CT molecular complexity index is 655. The number of furan rings is 1. The number of halogens is 1. The Morgan fingerprint density at radius 3 is 2.52 bits per heavy atom. The first-order valence-electron chi connectivity index (χ1n) is 8.82. The van der Waals surface area contributed by atoms with Crippen LogP contribution in [0, 0.1) is 0 Å². The molecule has 1 aromatic heterocycles. The van der Waals surface area contributed by atoms with E-state index < -0.39 is 0 Å². The van der Waals surface area contributed by atoms with Crippen molar-refractivity contribution >= 4 is 23.3 Å². The topological polar surface area (TPSA) is 58.7 Å². The van der Waals surface area contributed by atoms with Crippen molar-refractivity contribution < 1.29 is 14.1 Å². The lowest BCUT2D eigenvalue weighted by Gasteiger charge is -2.15. The fourth-order valence-corrected chi connectivity index (χ4v) is 2.68. The van der Waals surface area contributed by atoms with Crippen molar-refractivity contribution in [3.8, 4) is 0 Å². The maximum atomic E-state index is 11.9. The van der Waals surface area contributed by atoms with Crippen LogP contribution in [0.15, 0.2) is 40.8 Å². The first-order valence-corrected chi connectivity index (χ1v) is 9.20.